The molecule has 0 spiro atoms. The summed E-state index contributed by atoms with van der Waals surface area (Å²) in [6, 6.07) is 0. The van der Waals surface area contributed by atoms with E-state index in [9.17, 15) is 0 Å². The van der Waals surface area contributed by atoms with Gasteiger partial charge in [-0.25, -0.2) is 0 Å². The maximum absolute atomic E-state index is 5.57. The molecule has 19 heavy (non-hydrogen) atoms. The van der Waals surface area contributed by atoms with Crippen molar-refractivity contribution in [2.24, 2.45) is 0 Å². The van der Waals surface area contributed by atoms with Crippen LogP contribution in [0.15, 0.2) is 0 Å². The molecule has 0 aromatic carbocycles. The highest BCUT2D eigenvalue weighted by Crippen LogP contribution is 2.38. The van der Waals surface area contributed by atoms with Gasteiger partial charge in [-0.05, 0) is 18.6 Å². The molecule has 0 N–H and O–H groups in total. The van der Waals surface area contributed by atoms with Crippen LogP contribution in [-0.2, 0) is 26.6 Å². The summed E-state index contributed by atoms with van der Waals surface area (Å²) in [4.78, 5) is 0. The summed E-state index contributed by atoms with van der Waals surface area (Å²) in [5.74, 6) is 0.750. The Hall–Kier alpha value is 0.544. The molecule has 0 atom stereocenters. The normalized spacial score (nSPS) is 13.3. The molecule has 9 heteroatoms. The lowest BCUT2D eigenvalue weighted by Crippen LogP contribution is -2.62. The van der Waals surface area contributed by atoms with E-state index in [1.807, 2.05) is 0 Å². The first-order chi connectivity index (χ1) is 9.06. The fourth-order valence-electron chi connectivity index (χ4n) is 2.22. The highest BCUT2D eigenvalue weighted by Gasteiger charge is 2.63. The van der Waals surface area contributed by atoms with Crippen LogP contribution in [0.1, 0.15) is 12.8 Å². The molecule has 0 aliphatic carbocycles. The van der Waals surface area contributed by atoms with E-state index >= 15 is 0 Å². The molecular formula is C10H26O6SSi2. The minimum Gasteiger partial charge on any atom is -0.377 e. The molecule has 0 amide bonds. The third-order valence-electron chi connectivity index (χ3n) is 3.21. The lowest BCUT2D eigenvalue weighted by Gasteiger charge is -2.39. The second-order valence-electron chi connectivity index (χ2n) is 3.85. The minimum absolute atomic E-state index is 0.188. The van der Waals surface area contributed by atoms with E-state index in [-0.39, 0.29) is 5.16 Å². The molecule has 6 nitrogen and oxygen atoms in total. The average Bonchev–Trinajstić information content (AvgIpc) is 2.48. The van der Waals surface area contributed by atoms with Gasteiger partial charge < -0.3 is 26.6 Å². The first kappa shape index (κ1) is 19.5. The summed E-state index contributed by atoms with van der Waals surface area (Å²) < 4.78 is 33.4. The van der Waals surface area contributed by atoms with Gasteiger partial charge in [0.15, 0.2) is 0 Å². The summed E-state index contributed by atoms with van der Waals surface area (Å²) in [6.45, 7) is 0. The van der Waals surface area contributed by atoms with Crippen LogP contribution in [0.4, 0.5) is 0 Å². The van der Waals surface area contributed by atoms with Crippen LogP contribution in [0.25, 0.3) is 0 Å². The highest BCUT2D eigenvalue weighted by atomic mass is 32.1. The van der Waals surface area contributed by atoms with E-state index in [1.165, 1.54) is 0 Å². The maximum Gasteiger partial charge on any atom is 0.507 e. The Morgan fingerprint density at radius 2 is 1.05 bits per heavy atom. The van der Waals surface area contributed by atoms with Gasteiger partial charge in [0.05, 0.1) is 5.16 Å². The van der Waals surface area contributed by atoms with Crippen molar-refractivity contribution in [3.8, 4) is 0 Å². The van der Waals surface area contributed by atoms with Gasteiger partial charge in [-0.1, -0.05) is 0 Å². The summed E-state index contributed by atoms with van der Waals surface area (Å²) in [5, 5.41) is -0.188. The van der Waals surface area contributed by atoms with Gasteiger partial charge in [0.1, 0.15) is 0 Å². The van der Waals surface area contributed by atoms with E-state index in [1.54, 1.807) is 42.7 Å². The van der Waals surface area contributed by atoms with Gasteiger partial charge in [-0.15, -0.1) is 0 Å². The quantitative estimate of drug-likeness (QED) is 0.456. The Morgan fingerprint density at radius 1 is 0.737 bits per heavy atom. The van der Waals surface area contributed by atoms with E-state index in [4.69, 9.17) is 26.6 Å². The molecular weight excluding hydrogens is 304 g/mol. The molecule has 116 valence electrons. The van der Waals surface area contributed by atoms with Gasteiger partial charge in [0.2, 0.25) is 0 Å². The predicted molar refractivity (Wildman–Crippen MR) is 80.4 cm³/mol. The zero-order chi connectivity index (χ0) is 14.9. The molecule has 0 saturated heterocycles. The van der Waals surface area contributed by atoms with Crippen LogP contribution in [-0.4, -0.2) is 66.0 Å². The monoisotopic (exact) mass is 330 g/mol. The smallest absolute Gasteiger partial charge is 0.377 e. The molecule has 0 aliphatic rings. The van der Waals surface area contributed by atoms with Crippen molar-refractivity contribution >= 4 is 30.2 Å². The van der Waals surface area contributed by atoms with Crippen molar-refractivity contribution in [2.75, 3.05) is 48.4 Å². The predicted octanol–water partition coefficient (Wildman–Crippen LogP) is 1.36. The molecule has 0 saturated carbocycles. The molecule has 0 bridgehead atoms. The van der Waals surface area contributed by atoms with Crippen molar-refractivity contribution in [1.29, 1.82) is 0 Å². The van der Waals surface area contributed by atoms with Crippen LogP contribution in [0, 0.1) is 0 Å². The van der Waals surface area contributed by atoms with Crippen LogP contribution in [0.2, 0.25) is 5.16 Å². The van der Waals surface area contributed by atoms with Crippen LogP contribution >= 0.6 is 12.6 Å². The summed E-state index contributed by atoms with van der Waals surface area (Å²) in [6.07, 6.45) is 1.61. The second-order valence-corrected chi connectivity index (χ2v) is 11.1. The van der Waals surface area contributed by atoms with Crippen molar-refractivity contribution in [1.82, 2.24) is 0 Å². The topological polar surface area (TPSA) is 55.4 Å². The first-order valence-electron chi connectivity index (χ1n) is 5.98. The van der Waals surface area contributed by atoms with E-state index < -0.39 is 17.6 Å². The third-order valence-corrected chi connectivity index (χ3v) is 11.3. The Kier molecular flexibility index (Phi) is 9.75. The van der Waals surface area contributed by atoms with Gasteiger partial charge in [-0.3, -0.25) is 0 Å². The summed E-state index contributed by atoms with van der Waals surface area (Å²) in [5.41, 5.74) is 0. The number of rotatable bonds is 11. The molecule has 0 aromatic rings. The molecule has 0 fully saturated rings. The Labute approximate surface area is 123 Å². The van der Waals surface area contributed by atoms with Crippen molar-refractivity contribution < 1.29 is 26.6 Å². The molecule has 0 radical (unpaired) electrons. The van der Waals surface area contributed by atoms with Gasteiger partial charge >= 0.3 is 17.6 Å². The fourth-order valence-corrected chi connectivity index (χ4v) is 10.1. The van der Waals surface area contributed by atoms with E-state index in [2.05, 4.69) is 12.6 Å². The van der Waals surface area contributed by atoms with Crippen molar-refractivity contribution in [3.63, 3.8) is 0 Å². The molecule has 0 unspecified atom stereocenters. The second kappa shape index (κ2) is 9.47. The zero-order valence-electron chi connectivity index (χ0n) is 12.6. The van der Waals surface area contributed by atoms with Crippen LogP contribution in [0.5, 0.6) is 0 Å². The molecule has 0 aromatic heterocycles. The lowest BCUT2D eigenvalue weighted by atomic mass is 10.4. The SMILES string of the molecule is CO[Si](OC)(OC)C(CCCS)[Si](OC)(OC)OC. The molecule has 0 aliphatic heterocycles. The molecule has 0 heterocycles. The standard InChI is InChI=1S/C10H26O6SSi2/c1-11-18(12-2,13-3)10(8-7-9-17)19(14-4,15-5)16-6/h10,17H,7-9H2,1-6H3. The summed E-state index contributed by atoms with van der Waals surface area (Å²) in [7, 11) is 3.60. The van der Waals surface area contributed by atoms with E-state index in [0.29, 0.717) is 0 Å². The Balaban J connectivity index is 5.49. The Bertz CT molecular complexity index is 202. The maximum atomic E-state index is 5.57. The first-order valence-corrected chi connectivity index (χ1v) is 10.2. The number of hydrogen-bond acceptors (Lipinski definition) is 7. The average molecular weight is 331 g/mol. The number of thiol groups is 1. The zero-order valence-corrected chi connectivity index (χ0v) is 15.5. The van der Waals surface area contributed by atoms with E-state index in [0.717, 1.165) is 18.6 Å². The Morgan fingerprint density at radius 3 is 1.26 bits per heavy atom. The third kappa shape index (κ3) is 4.25. The van der Waals surface area contributed by atoms with Gasteiger partial charge in [-0.2, -0.15) is 12.6 Å². The van der Waals surface area contributed by atoms with Crippen LogP contribution < -0.4 is 0 Å². The number of hydrogen-bond donors (Lipinski definition) is 1. The highest BCUT2D eigenvalue weighted by molar-refractivity contribution is 7.80. The van der Waals surface area contributed by atoms with Crippen molar-refractivity contribution in [2.45, 2.75) is 18.0 Å². The lowest BCUT2D eigenvalue weighted by molar-refractivity contribution is 0.0782. The fraction of sp³-hybridized carbons (Fsp3) is 1.00. The summed E-state index contributed by atoms with van der Waals surface area (Å²) >= 11 is 4.25. The van der Waals surface area contributed by atoms with Crippen molar-refractivity contribution in [3.05, 3.63) is 0 Å². The largest absolute Gasteiger partial charge is 0.507 e. The van der Waals surface area contributed by atoms with Crippen LogP contribution in [0.3, 0.4) is 0 Å². The minimum atomic E-state index is -2.93. The van der Waals surface area contributed by atoms with Gasteiger partial charge in [0, 0.05) is 42.7 Å². The molecule has 0 rings (SSSR count). The van der Waals surface area contributed by atoms with Gasteiger partial charge in [0.25, 0.3) is 0 Å².